The SMILES string of the molecule is COc1cc(C(=O)N(C)c2ccc(C(C)C)cc2)cc(Cl)c1OCC(N)=O. The monoisotopic (exact) mass is 390 g/mol. The van der Waals surface area contributed by atoms with E-state index in [0.717, 1.165) is 5.69 Å². The van der Waals surface area contributed by atoms with Crippen molar-refractivity contribution in [3.05, 3.63) is 52.5 Å². The highest BCUT2D eigenvalue weighted by molar-refractivity contribution is 6.32. The maximum Gasteiger partial charge on any atom is 0.258 e. The molecule has 6 nitrogen and oxygen atoms in total. The molecule has 0 fully saturated rings. The minimum Gasteiger partial charge on any atom is -0.493 e. The van der Waals surface area contributed by atoms with Gasteiger partial charge in [0.2, 0.25) is 0 Å². The Balaban J connectivity index is 2.29. The number of primary amides is 1. The molecule has 2 rings (SSSR count). The van der Waals surface area contributed by atoms with Gasteiger partial charge in [0.1, 0.15) is 0 Å². The lowest BCUT2D eigenvalue weighted by molar-refractivity contribution is -0.119. The fourth-order valence-corrected chi connectivity index (χ4v) is 2.79. The second-order valence-electron chi connectivity index (χ2n) is 6.35. The molecule has 0 spiro atoms. The molecule has 144 valence electrons. The number of carbonyl (C=O) groups excluding carboxylic acids is 2. The van der Waals surface area contributed by atoms with Crippen molar-refractivity contribution in [2.24, 2.45) is 5.73 Å². The van der Waals surface area contributed by atoms with E-state index >= 15 is 0 Å². The largest absolute Gasteiger partial charge is 0.493 e. The van der Waals surface area contributed by atoms with E-state index in [2.05, 4.69) is 13.8 Å². The zero-order valence-electron chi connectivity index (χ0n) is 15.8. The molecule has 0 radical (unpaired) electrons. The summed E-state index contributed by atoms with van der Waals surface area (Å²) in [4.78, 5) is 25.3. The molecule has 0 heterocycles. The van der Waals surface area contributed by atoms with Crippen LogP contribution >= 0.6 is 11.6 Å². The Bertz CT molecular complexity index is 835. The first-order valence-corrected chi connectivity index (χ1v) is 8.79. The van der Waals surface area contributed by atoms with Gasteiger partial charge in [-0.1, -0.05) is 37.6 Å². The van der Waals surface area contributed by atoms with Gasteiger partial charge in [-0.25, -0.2) is 0 Å². The Morgan fingerprint density at radius 3 is 2.33 bits per heavy atom. The second-order valence-corrected chi connectivity index (χ2v) is 6.76. The highest BCUT2D eigenvalue weighted by Crippen LogP contribution is 2.37. The van der Waals surface area contributed by atoms with Crippen LogP contribution in [0.15, 0.2) is 36.4 Å². The van der Waals surface area contributed by atoms with Crippen molar-refractivity contribution in [2.75, 3.05) is 25.7 Å². The molecule has 7 heteroatoms. The van der Waals surface area contributed by atoms with Crippen LogP contribution in [0.2, 0.25) is 5.02 Å². The molecule has 2 N–H and O–H groups in total. The van der Waals surface area contributed by atoms with Crippen LogP contribution in [-0.4, -0.2) is 32.6 Å². The summed E-state index contributed by atoms with van der Waals surface area (Å²) in [6, 6.07) is 10.8. The molecule has 2 amide bonds. The minimum absolute atomic E-state index is 0.155. The molecular weight excluding hydrogens is 368 g/mol. The molecule has 0 saturated heterocycles. The number of benzene rings is 2. The number of nitrogens with zero attached hydrogens (tertiary/aromatic N) is 1. The van der Waals surface area contributed by atoms with Gasteiger partial charge in [-0.2, -0.15) is 0 Å². The maximum atomic E-state index is 12.9. The fourth-order valence-electron chi connectivity index (χ4n) is 2.52. The zero-order valence-corrected chi connectivity index (χ0v) is 16.5. The minimum atomic E-state index is -0.641. The Morgan fingerprint density at radius 2 is 1.81 bits per heavy atom. The third-order valence-corrected chi connectivity index (χ3v) is 4.37. The quantitative estimate of drug-likeness (QED) is 0.782. The molecular formula is C20H23ClN2O4. The molecule has 2 aromatic rings. The first kappa shape index (κ1) is 20.6. The summed E-state index contributed by atoms with van der Waals surface area (Å²) in [5.41, 5.74) is 7.37. The molecule has 27 heavy (non-hydrogen) atoms. The molecule has 0 aliphatic rings. The molecule has 2 aromatic carbocycles. The third kappa shape index (κ3) is 4.92. The van der Waals surface area contributed by atoms with Crippen LogP contribution in [0.3, 0.4) is 0 Å². The lowest BCUT2D eigenvalue weighted by Crippen LogP contribution is -2.26. The number of carbonyl (C=O) groups is 2. The van der Waals surface area contributed by atoms with E-state index in [1.807, 2.05) is 24.3 Å². The number of halogens is 1. The number of methoxy groups -OCH3 is 1. The summed E-state index contributed by atoms with van der Waals surface area (Å²) >= 11 is 6.22. The Morgan fingerprint density at radius 1 is 1.19 bits per heavy atom. The van der Waals surface area contributed by atoms with Gasteiger partial charge in [-0.05, 0) is 35.7 Å². The van der Waals surface area contributed by atoms with Gasteiger partial charge in [0.15, 0.2) is 18.1 Å². The zero-order chi connectivity index (χ0) is 20.1. The fraction of sp³-hybridized carbons (Fsp3) is 0.300. The molecule has 0 unspecified atom stereocenters. The van der Waals surface area contributed by atoms with Crippen LogP contribution in [-0.2, 0) is 4.79 Å². The van der Waals surface area contributed by atoms with Crippen molar-refractivity contribution in [1.29, 1.82) is 0 Å². The molecule has 0 atom stereocenters. The molecule has 0 saturated carbocycles. The van der Waals surface area contributed by atoms with Crippen molar-refractivity contribution in [1.82, 2.24) is 0 Å². The second kappa shape index (κ2) is 8.77. The van der Waals surface area contributed by atoms with Gasteiger partial charge in [-0.15, -0.1) is 0 Å². The van der Waals surface area contributed by atoms with Crippen LogP contribution in [0.1, 0.15) is 35.7 Å². The van der Waals surface area contributed by atoms with E-state index in [9.17, 15) is 9.59 Å². The predicted molar refractivity (Wildman–Crippen MR) is 106 cm³/mol. The molecule has 0 aliphatic heterocycles. The lowest BCUT2D eigenvalue weighted by Gasteiger charge is -2.20. The standard InChI is InChI=1S/C20H23ClN2O4/c1-12(2)13-5-7-15(8-6-13)23(3)20(25)14-9-16(21)19(17(10-14)26-4)27-11-18(22)24/h5-10,12H,11H2,1-4H3,(H2,22,24). The number of rotatable bonds is 7. The number of ether oxygens (including phenoxy) is 2. The van der Waals surface area contributed by atoms with E-state index < -0.39 is 5.91 Å². The van der Waals surface area contributed by atoms with E-state index in [1.165, 1.54) is 29.7 Å². The highest BCUT2D eigenvalue weighted by atomic mass is 35.5. The van der Waals surface area contributed by atoms with Crippen molar-refractivity contribution in [2.45, 2.75) is 19.8 Å². The molecule has 0 aliphatic carbocycles. The first-order valence-electron chi connectivity index (χ1n) is 8.41. The normalized spacial score (nSPS) is 10.6. The van der Waals surface area contributed by atoms with Crippen molar-refractivity contribution in [3.63, 3.8) is 0 Å². The van der Waals surface area contributed by atoms with Gasteiger partial charge in [0.05, 0.1) is 12.1 Å². The van der Waals surface area contributed by atoms with E-state index in [1.54, 1.807) is 7.05 Å². The van der Waals surface area contributed by atoms with Gasteiger partial charge in [-0.3, -0.25) is 9.59 Å². The Hall–Kier alpha value is -2.73. The first-order chi connectivity index (χ1) is 12.7. The van der Waals surface area contributed by atoms with Crippen molar-refractivity contribution in [3.8, 4) is 11.5 Å². The number of amides is 2. The van der Waals surface area contributed by atoms with Gasteiger partial charge >= 0.3 is 0 Å². The smallest absolute Gasteiger partial charge is 0.258 e. The summed E-state index contributed by atoms with van der Waals surface area (Å²) < 4.78 is 10.5. The van der Waals surface area contributed by atoms with E-state index in [-0.39, 0.29) is 29.0 Å². The molecule has 0 bridgehead atoms. The topological polar surface area (TPSA) is 81.9 Å². The summed E-state index contributed by atoms with van der Waals surface area (Å²) in [5.74, 6) is -0.0722. The average molecular weight is 391 g/mol. The average Bonchev–Trinajstić information content (AvgIpc) is 2.65. The molecule has 0 aromatic heterocycles. The van der Waals surface area contributed by atoms with Gasteiger partial charge in [0.25, 0.3) is 11.8 Å². The lowest BCUT2D eigenvalue weighted by atomic mass is 10.0. The number of nitrogens with two attached hydrogens (primary N) is 1. The van der Waals surface area contributed by atoms with Crippen LogP contribution in [0.4, 0.5) is 5.69 Å². The summed E-state index contributed by atoms with van der Waals surface area (Å²) in [6.07, 6.45) is 0. The van der Waals surface area contributed by atoms with Crippen molar-refractivity contribution >= 4 is 29.1 Å². The maximum absolute atomic E-state index is 12.9. The van der Waals surface area contributed by atoms with Crippen LogP contribution < -0.4 is 20.1 Å². The van der Waals surface area contributed by atoms with E-state index in [0.29, 0.717) is 11.5 Å². The predicted octanol–water partition coefficient (Wildman–Crippen LogP) is 3.61. The summed E-state index contributed by atoms with van der Waals surface area (Å²) in [7, 11) is 3.11. The highest BCUT2D eigenvalue weighted by Gasteiger charge is 2.20. The number of anilines is 1. The Labute approximate surface area is 163 Å². The van der Waals surface area contributed by atoms with Crippen LogP contribution in [0.25, 0.3) is 0 Å². The van der Waals surface area contributed by atoms with Gasteiger partial charge in [0, 0.05) is 18.3 Å². The number of hydrogen-bond acceptors (Lipinski definition) is 4. The summed E-state index contributed by atoms with van der Waals surface area (Å²) in [5, 5.41) is 0.155. The Kier molecular flexibility index (Phi) is 6.69. The van der Waals surface area contributed by atoms with E-state index in [4.69, 9.17) is 26.8 Å². The number of hydrogen-bond donors (Lipinski definition) is 1. The summed E-state index contributed by atoms with van der Waals surface area (Å²) in [6.45, 7) is 3.88. The third-order valence-electron chi connectivity index (χ3n) is 4.09. The van der Waals surface area contributed by atoms with Crippen molar-refractivity contribution < 1.29 is 19.1 Å². The van der Waals surface area contributed by atoms with Gasteiger partial charge < -0.3 is 20.1 Å². The van der Waals surface area contributed by atoms with Crippen LogP contribution in [0.5, 0.6) is 11.5 Å². The van der Waals surface area contributed by atoms with Crippen LogP contribution in [0, 0.1) is 0 Å².